The van der Waals surface area contributed by atoms with Gasteiger partial charge in [0.25, 0.3) is 0 Å². The van der Waals surface area contributed by atoms with E-state index in [9.17, 15) is 14.0 Å². The number of amides is 1. The Morgan fingerprint density at radius 3 is 2.67 bits per heavy atom. The summed E-state index contributed by atoms with van der Waals surface area (Å²) < 4.78 is 13.2. The number of hydrogen-bond donors (Lipinski definition) is 2. The van der Waals surface area contributed by atoms with Crippen LogP contribution in [0, 0.1) is 17.7 Å². The molecule has 0 aliphatic heterocycles. The van der Waals surface area contributed by atoms with Gasteiger partial charge < -0.3 is 10.4 Å². The van der Waals surface area contributed by atoms with Crippen molar-refractivity contribution in [2.24, 2.45) is 11.8 Å². The highest BCUT2D eigenvalue weighted by Crippen LogP contribution is 2.34. The molecule has 2 aliphatic carbocycles. The van der Waals surface area contributed by atoms with Crippen molar-refractivity contribution in [2.75, 3.05) is 0 Å². The number of aryl methyl sites for hydroxylation is 1. The fourth-order valence-electron chi connectivity index (χ4n) is 3.47. The van der Waals surface area contributed by atoms with Crippen LogP contribution in [0.4, 0.5) is 4.39 Å². The lowest BCUT2D eigenvalue weighted by Crippen LogP contribution is -2.32. The zero-order valence-corrected chi connectivity index (χ0v) is 11.6. The maximum atomic E-state index is 13.2. The Balaban J connectivity index is 1.64. The summed E-state index contributed by atoms with van der Waals surface area (Å²) in [6, 6.07) is 4.60. The first-order valence-electron chi connectivity index (χ1n) is 7.36. The summed E-state index contributed by atoms with van der Waals surface area (Å²) in [4.78, 5) is 23.2. The molecule has 5 heteroatoms. The molecule has 3 rings (SSSR count). The van der Waals surface area contributed by atoms with Crippen molar-refractivity contribution in [3.63, 3.8) is 0 Å². The molecule has 1 saturated carbocycles. The van der Waals surface area contributed by atoms with E-state index in [0.717, 1.165) is 24.0 Å². The van der Waals surface area contributed by atoms with Gasteiger partial charge in [-0.3, -0.25) is 9.59 Å². The Morgan fingerprint density at radius 2 is 1.95 bits per heavy atom. The number of fused-ring (bicyclic) bond motifs is 1. The summed E-state index contributed by atoms with van der Waals surface area (Å²) in [6.07, 6.45) is 3.16. The summed E-state index contributed by atoms with van der Waals surface area (Å²) >= 11 is 0. The van der Waals surface area contributed by atoms with Crippen LogP contribution in [0.2, 0.25) is 0 Å². The van der Waals surface area contributed by atoms with Gasteiger partial charge >= 0.3 is 5.97 Å². The number of carboxylic acids is 1. The first-order valence-corrected chi connectivity index (χ1v) is 7.36. The predicted octanol–water partition coefficient (Wildman–Crippen LogP) is 2.43. The van der Waals surface area contributed by atoms with Crippen LogP contribution < -0.4 is 5.32 Å². The largest absolute Gasteiger partial charge is 0.481 e. The third-order valence-electron chi connectivity index (χ3n) is 4.65. The standard InChI is InChI=1S/C16H18FNO3/c17-12-4-5-13-9(8-12)3-6-14(13)18-15(19)10-1-2-11(7-10)16(20)21/h4-5,8,10-11,14H,1-3,6-7H2,(H,18,19)(H,20,21)/t10-,11+,14?/m0/s1. The summed E-state index contributed by atoms with van der Waals surface area (Å²) in [6.45, 7) is 0. The molecule has 2 aliphatic rings. The van der Waals surface area contributed by atoms with Crippen molar-refractivity contribution in [3.05, 3.63) is 35.1 Å². The molecule has 0 heterocycles. The molecule has 1 aromatic carbocycles. The van der Waals surface area contributed by atoms with Crippen molar-refractivity contribution in [3.8, 4) is 0 Å². The second-order valence-corrected chi connectivity index (χ2v) is 5.99. The lowest BCUT2D eigenvalue weighted by molar-refractivity contribution is -0.141. The van der Waals surface area contributed by atoms with Crippen LogP contribution in [0.5, 0.6) is 0 Å². The molecule has 1 aromatic rings. The van der Waals surface area contributed by atoms with Gasteiger partial charge in [0.1, 0.15) is 5.82 Å². The number of carbonyl (C=O) groups is 2. The normalized spacial score (nSPS) is 27.4. The molecule has 0 spiro atoms. The number of nitrogens with one attached hydrogen (secondary N) is 1. The molecule has 1 amide bonds. The van der Waals surface area contributed by atoms with Crippen LogP contribution in [-0.2, 0) is 16.0 Å². The molecule has 1 unspecified atom stereocenters. The van der Waals surface area contributed by atoms with Gasteiger partial charge in [0.05, 0.1) is 12.0 Å². The minimum atomic E-state index is -0.813. The van der Waals surface area contributed by atoms with Gasteiger partial charge in [-0.1, -0.05) is 6.07 Å². The predicted molar refractivity (Wildman–Crippen MR) is 74.1 cm³/mol. The SMILES string of the molecule is O=C(O)[C@@H]1CC[C@H](C(=O)NC2CCc3cc(F)ccc32)C1. The van der Waals surface area contributed by atoms with Crippen molar-refractivity contribution in [1.29, 1.82) is 0 Å². The number of benzene rings is 1. The fraction of sp³-hybridized carbons (Fsp3) is 0.500. The zero-order chi connectivity index (χ0) is 15.0. The van der Waals surface area contributed by atoms with Gasteiger partial charge in [0.2, 0.25) is 5.91 Å². The number of carbonyl (C=O) groups excluding carboxylic acids is 1. The average molecular weight is 291 g/mol. The Morgan fingerprint density at radius 1 is 1.19 bits per heavy atom. The van der Waals surface area contributed by atoms with E-state index >= 15 is 0 Å². The van der Waals surface area contributed by atoms with Gasteiger partial charge in [-0.25, -0.2) is 4.39 Å². The second kappa shape index (κ2) is 5.47. The van der Waals surface area contributed by atoms with Crippen molar-refractivity contribution < 1.29 is 19.1 Å². The van der Waals surface area contributed by atoms with E-state index in [4.69, 9.17) is 5.11 Å². The third kappa shape index (κ3) is 2.77. The quantitative estimate of drug-likeness (QED) is 0.899. The highest BCUT2D eigenvalue weighted by Gasteiger charge is 2.35. The maximum absolute atomic E-state index is 13.2. The fourth-order valence-corrected chi connectivity index (χ4v) is 3.47. The summed E-state index contributed by atoms with van der Waals surface area (Å²) in [7, 11) is 0. The molecule has 0 saturated heterocycles. The van der Waals surface area contributed by atoms with E-state index < -0.39 is 11.9 Å². The Hall–Kier alpha value is -1.91. The van der Waals surface area contributed by atoms with Crippen LogP contribution in [0.3, 0.4) is 0 Å². The highest BCUT2D eigenvalue weighted by molar-refractivity contribution is 5.81. The smallest absolute Gasteiger partial charge is 0.306 e. The Labute approximate surface area is 122 Å². The van der Waals surface area contributed by atoms with Crippen LogP contribution in [0.1, 0.15) is 42.9 Å². The van der Waals surface area contributed by atoms with Crippen LogP contribution >= 0.6 is 0 Å². The molecule has 21 heavy (non-hydrogen) atoms. The van der Waals surface area contributed by atoms with Gasteiger partial charge in [-0.2, -0.15) is 0 Å². The minimum Gasteiger partial charge on any atom is -0.481 e. The Kier molecular flexibility index (Phi) is 3.66. The van der Waals surface area contributed by atoms with Gasteiger partial charge in [0, 0.05) is 5.92 Å². The summed E-state index contributed by atoms with van der Waals surface area (Å²) in [5, 5.41) is 12.0. The molecule has 0 bridgehead atoms. The first kappa shape index (κ1) is 14.0. The van der Waals surface area contributed by atoms with E-state index in [2.05, 4.69) is 5.32 Å². The maximum Gasteiger partial charge on any atom is 0.306 e. The molecule has 0 aromatic heterocycles. The van der Waals surface area contributed by atoms with E-state index in [1.54, 1.807) is 6.07 Å². The first-order chi connectivity index (χ1) is 10.0. The number of hydrogen-bond acceptors (Lipinski definition) is 2. The number of carboxylic acid groups (broad SMARTS) is 1. The second-order valence-electron chi connectivity index (χ2n) is 5.99. The van der Waals surface area contributed by atoms with E-state index in [-0.39, 0.29) is 23.7 Å². The molecule has 1 fully saturated rings. The average Bonchev–Trinajstić information content (AvgIpc) is 3.06. The highest BCUT2D eigenvalue weighted by atomic mass is 19.1. The molecule has 4 nitrogen and oxygen atoms in total. The van der Waals surface area contributed by atoms with Gasteiger partial charge in [0.15, 0.2) is 0 Å². The van der Waals surface area contributed by atoms with E-state index in [1.807, 2.05) is 0 Å². The van der Waals surface area contributed by atoms with Gasteiger partial charge in [-0.05, 0) is 55.4 Å². The molecule has 0 radical (unpaired) electrons. The monoisotopic (exact) mass is 291 g/mol. The zero-order valence-electron chi connectivity index (χ0n) is 11.6. The molecule has 112 valence electrons. The summed E-state index contributed by atoms with van der Waals surface area (Å²) in [5.41, 5.74) is 1.94. The number of halogens is 1. The Bertz CT molecular complexity index is 587. The molecule has 3 atom stereocenters. The minimum absolute atomic E-state index is 0.0686. The van der Waals surface area contributed by atoms with Crippen molar-refractivity contribution in [1.82, 2.24) is 5.32 Å². The number of aliphatic carboxylic acids is 1. The summed E-state index contributed by atoms with van der Waals surface area (Å²) in [5.74, 6) is -1.74. The van der Waals surface area contributed by atoms with Crippen molar-refractivity contribution in [2.45, 2.75) is 38.1 Å². The topological polar surface area (TPSA) is 66.4 Å². The van der Waals surface area contributed by atoms with Crippen LogP contribution in [0.25, 0.3) is 0 Å². The van der Waals surface area contributed by atoms with Crippen LogP contribution in [-0.4, -0.2) is 17.0 Å². The number of rotatable bonds is 3. The lowest BCUT2D eigenvalue weighted by atomic mass is 10.0. The van der Waals surface area contributed by atoms with Crippen LogP contribution in [0.15, 0.2) is 18.2 Å². The lowest BCUT2D eigenvalue weighted by Gasteiger charge is -2.17. The van der Waals surface area contributed by atoms with E-state index in [1.165, 1.54) is 12.1 Å². The molecular formula is C16H18FNO3. The van der Waals surface area contributed by atoms with Gasteiger partial charge in [-0.15, -0.1) is 0 Å². The molecule has 2 N–H and O–H groups in total. The van der Waals surface area contributed by atoms with E-state index in [0.29, 0.717) is 19.3 Å². The van der Waals surface area contributed by atoms with Crippen molar-refractivity contribution >= 4 is 11.9 Å². The third-order valence-corrected chi connectivity index (χ3v) is 4.65. The molecular weight excluding hydrogens is 273 g/mol.